The Balaban J connectivity index is 1.20. The maximum absolute atomic E-state index is 9.58. The van der Waals surface area contributed by atoms with E-state index in [2.05, 4.69) is 124 Å². The number of furan rings is 1. The van der Waals surface area contributed by atoms with Crippen molar-refractivity contribution in [1.82, 2.24) is 14.1 Å². The molecule has 10 rings (SSSR count). The number of nitrogens with zero attached hydrogens (tertiary/aromatic N) is 4. The lowest BCUT2D eigenvalue weighted by Crippen LogP contribution is -1.97. The van der Waals surface area contributed by atoms with Gasteiger partial charge in [-0.05, 0) is 90.0 Å². The highest BCUT2D eigenvalue weighted by Crippen LogP contribution is 2.41. The van der Waals surface area contributed by atoms with E-state index in [1.165, 1.54) is 0 Å². The molecule has 0 atom stereocenters. The van der Waals surface area contributed by atoms with Crippen LogP contribution in [0.25, 0.3) is 88.2 Å². The third kappa shape index (κ3) is 3.67. The molecule has 0 amide bonds. The molecular weight excluding hydrogens is 576 g/mol. The molecule has 0 aliphatic carbocycles. The summed E-state index contributed by atoms with van der Waals surface area (Å²) in [4.78, 5) is 4.90. The highest BCUT2D eigenvalue weighted by molar-refractivity contribution is 6.24. The minimum absolute atomic E-state index is 0.659. The summed E-state index contributed by atoms with van der Waals surface area (Å²) in [6, 6.07) is 50.6. The Labute approximate surface area is 268 Å². The fraction of sp³-hybridized carbons (Fsp3) is 0. The van der Waals surface area contributed by atoms with E-state index in [-0.39, 0.29) is 0 Å². The van der Waals surface area contributed by atoms with Crippen LogP contribution in [0, 0.1) is 11.3 Å². The van der Waals surface area contributed by atoms with Crippen molar-refractivity contribution in [3.05, 3.63) is 151 Å². The summed E-state index contributed by atoms with van der Waals surface area (Å²) >= 11 is 0. The maximum Gasteiger partial charge on any atom is 0.145 e. The van der Waals surface area contributed by atoms with Crippen LogP contribution < -0.4 is 0 Å². The van der Waals surface area contributed by atoms with Gasteiger partial charge >= 0.3 is 0 Å². The van der Waals surface area contributed by atoms with Crippen LogP contribution in [0.2, 0.25) is 0 Å². The van der Waals surface area contributed by atoms with Gasteiger partial charge < -0.3 is 8.98 Å². The van der Waals surface area contributed by atoms with Crippen LogP contribution in [0.4, 0.5) is 0 Å². The number of benzene rings is 6. The number of rotatable bonds is 3. The van der Waals surface area contributed by atoms with E-state index in [0.29, 0.717) is 5.56 Å². The molecule has 4 heterocycles. The molecule has 10 aromatic rings. The molecule has 0 aliphatic heterocycles. The molecule has 0 aliphatic rings. The van der Waals surface area contributed by atoms with Crippen LogP contribution in [0.5, 0.6) is 0 Å². The van der Waals surface area contributed by atoms with Gasteiger partial charge in [0.15, 0.2) is 0 Å². The second kappa shape index (κ2) is 9.68. The van der Waals surface area contributed by atoms with Gasteiger partial charge in [-0.2, -0.15) is 5.26 Å². The molecule has 47 heavy (non-hydrogen) atoms. The van der Waals surface area contributed by atoms with Gasteiger partial charge in [0.25, 0.3) is 0 Å². The van der Waals surface area contributed by atoms with E-state index in [4.69, 9.17) is 9.40 Å². The molecule has 0 saturated heterocycles. The summed E-state index contributed by atoms with van der Waals surface area (Å²) in [5.74, 6) is 0. The summed E-state index contributed by atoms with van der Waals surface area (Å²) in [6.45, 7) is 0. The molecule has 0 radical (unpaired) electrons. The number of hydrogen-bond donors (Lipinski definition) is 0. The average Bonchev–Trinajstić information content (AvgIpc) is 3.79. The molecule has 5 nitrogen and oxygen atoms in total. The Morgan fingerprint density at radius 1 is 0.532 bits per heavy atom. The summed E-state index contributed by atoms with van der Waals surface area (Å²) < 4.78 is 10.9. The second-order valence-electron chi connectivity index (χ2n) is 11.9. The van der Waals surface area contributed by atoms with E-state index in [0.717, 1.165) is 88.2 Å². The van der Waals surface area contributed by atoms with E-state index in [1.54, 1.807) is 0 Å². The lowest BCUT2D eigenvalue weighted by molar-refractivity contribution is 0.669. The summed E-state index contributed by atoms with van der Waals surface area (Å²) in [5, 5.41) is 16.2. The van der Waals surface area contributed by atoms with Crippen molar-refractivity contribution < 1.29 is 4.42 Å². The van der Waals surface area contributed by atoms with Gasteiger partial charge in [-0.15, -0.1) is 0 Å². The molecule has 0 spiro atoms. The maximum atomic E-state index is 9.58. The average molecular weight is 601 g/mol. The smallest absolute Gasteiger partial charge is 0.145 e. The first-order valence-electron chi connectivity index (χ1n) is 15.6. The van der Waals surface area contributed by atoms with Crippen molar-refractivity contribution >= 4 is 65.7 Å². The standard InChI is InChI=1S/C42H24N4O/c43-25-26-17-19-37-35(22-26)31-12-1-3-15-36(31)45(37)29-10-5-8-27(23-29)28-9-6-11-30(24-28)46-41-32(33-14-7-21-44-42(33)46)18-20-39-40(41)34-13-2-4-16-38(34)47-39/h1-24H. The Bertz CT molecular complexity index is 2930. The molecular formula is C42H24N4O. The zero-order chi connectivity index (χ0) is 31.1. The molecule has 0 saturated carbocycles. The first-order valence-corrected chi connectivity index (χ1v) is 15.6. The molecule has 5 heteroatoms. The van der Waals surface area contributed by atoms with Crippen LogP contribution in [0.1, 0.15) is 5.56 Å². The number of pyridine rings is 1. The monoisotopic (exact) mass is 600 g/mol. The molecule has 0 fully saturated rings. The van der Waals surface area contributed by atoms with Crippen LogP contribution >= 0.6 is 0 Å². The van der Waals surface area contributed by atoms with Crippen LogP contribution in [0.3, 0.4) is 0 Å². The zero-order valence-electron chi connectivity index (χ0n) is 25.1. The largest absolute Gasteiger partial charge is 0.456 e. The van der Waals surface area contributed by atoms with Crippen LogP contribution in [0.15, 0.2) is 150 Å². The number of aromatic nitrogens is 3. The van der Waals surface area contributed by atoms with Crippen molar-refractivity contribution in [1.29, 1.82) is 5.26 Å². The van der Waals surface area contributed by atoms with Gasteiger partial charge in [0.05, 0.1) is 33.6 Å². The van der Waals surface area contributed by atoms with Crippen molar-refractivity contribution in [2.45, 2.75) is 0 Å². The summed E-state index contributed by atoms with van der Waals surface area (Å²) in [5.41, 5.74) is 10.9. The Morgan fingerprint density at radius 3 is 2.09 bits per heavy atom. The van der Waals surface area contributed by atoms with Crippen LogP contribution in [-0.2, 0) is 0 Å². The summed E-state index contributed by atoms with van der Waals surface area (Å²) in [6.07, 6.45) is 1.86. The molecule has 0 N–H and O–H groups in total. The quantitative estimate of drug-likeness (QED) is 0.203. The summed E-state index contributed by atoms with van der Waals surface area (Å²) in [7, 11) is 0. The van der Waals surface area contributed by atoms with Gasteiger partial charge in [-0.25, -0.2) is 4.98 Å². The topological polar surface area (TPSA) is 59.7 Å². The lowest BCUT2D eigenvalue weighted by Gasteiger charge is -2.12. The molecule has 6 aromatic carbocycles. The van der Waals surface area contributed by atoms with Gasteiger partial charge in [0.2, 0.25) is 0 Å². The minimum Gasteiger partial charge on any atom is -0.456 e. The van der Waals surface area contributed by atoms with E-state index >= 15 is 0 Å². The number of hydrogen-bond acceptors (Lipinski definition) is 3. The van der Waals surface area contributed by atoms with Crippen molar-refractivity contribution in [3.8, 4) is 28.6 Å². The molecule has 0 bridgehead atoms. The first-order chi connectivity index (χ1) is 23.3. The zero-order valence-corrected chi connectivity index (χ0v) is 25.1. The van der Waals surface area contributed by atoms with Crippen LogP contribution in [-0.4, -0.2) is 14.1 Å². The predicted octanol–water partition coefficient (Wildman–Crippen LogP) is 10.7. The van der Waals surface area contributed by atoms with Gasteiger partial charge in [0.1, 0.15) is 16.8 Å². The molecule has 218 valence electrons. The second-order valence-corrected chi connectivity index (χ2v) is 11.9. The van der Waals surface area contributed by atoms with E-state index in [9.17, 15) is 5.26 Å². The fourth-order valence-electron chi connectivity index (χ4n) is 7.36. The van der Waals surface area contributed by atoms with Gasteiger partial charge in [0, 0.05) is 44.5 Å². The Hall–Kier alpha value is -6.64. The van der Waals surface area contributed by atoms with E-state index < -0.39 is 0 Å². The normalized spacial score (nSPS) is 11.8. The Morgan fingerprint density at radius 2 is 1.26 bits per heavy atom. The Kier molecular flexibility index (Phi) is 5.28. The number of nitriles is 1. The highest BCUT2D eigenvalue weighted by atomic mass is 16.3. The van der Waals surface area contributed by atoms with Gasteiger partial charge in [-0.3, -0.25) is 4.57 Å². The molecule has 0 unspecified atom stereocenters. The van der Waals surface area contributed by atoms with Crippen molar-refractivity contribution in [2.75, 3.05) is 0 Å². The van der Waals surface area contributed by atoms with E-state index in [1.807, 2.05) is 36.5 Å². The molecule has 4 aromatic heterocycles. The lowest BCUT2D eigenvalue weighted by atomic mass is 10.0. The van der Waals surface area contributed by atoms with Crippen molar-refractivity contribution in [2.24, 2.45) is 0 Å². The first kappa shape index (κ1) is 25.7. The minimum atomic E-state index is 0.659. The number of para-hydroxylation sites is 2. The van der Waals surface area contributed by atoms with Crippen molar-refractivity contribution in [3.63, 3.8) is 0 Å². The number of fused-ring (bicyclic) bond motifs is 10. The third-order valence-electron chi connectivity index (χ3n) is 9.37. The SMILES string of the molecule is N#Cc1ccc2c(c1)c1ccccc1n2-c1cccc(-c2cccc(-n3c4ncccc4c4ccc5oc6ccccc6c5c43)c2)c1. The van der Waals surface area contributed by atoms with Gasteiger partial charge in [-0.1, -0.05) is 60.7 Å². The highest BCUT2D eigenvalue weighted by Gasteiger charge is 2.20. The fourth-order valence-corrected chi connectivity index (χ4v) is 7.36. The predicted molar refractivity (Wildman–Crippen MR) is 190 cm³/mol. The third-order valence-corrected chi connectivity index (χ3v) is 9.37.